The Morgan fingerprint density at radius 2 is 1.28 bits per heavy atom. The van der Waals surface area contributed by atoms with E-state index in [1.54, 1.807) is 18.2 Å². The van der Waals surface area contributed by atoms with E-state index < -0.39 is 10.1 Å². The first-order valence-electron chi connectivity index (χ1n) is 12.0. The van der Waals surface area contributed by atoms with Crippen molar-refractivity contribution in [2.75, 3.05) is 0 Å². The van der Waals surface area contributed by atoms with E-state index in [-0.39, 0.29) is 10.6 Å². The van der Waals surface area contributed by atoms with Gasteiger partial charge in [0.1, 0.15) is 17.2 Å². The van der Waals surface area contributed by atoms with Crippen LogP contribution >= 0.6 is 0 Å². The highest BCUT2D eigenvalue weighted by molar-refractivity contribution is 7.85. The van der Waals surface area contributed by atoms with Gasteiger partial charge in [0.15, 0.2) is 0 Å². The zero-order chi connectivity index (χ0) is 23.2. The van der Waals surface area contributed by atoms with Crippen molar-refractivity contribution < 1.29 is 22.8 Å². The van der Waals surface area contributed by atoms with Crippen molar-refractivity contribution in [2.24, 2.45) is 0 Å². The fraction of sp³-hybridized carbons (Fsp3) is 0.538. The molecule has 0 saturated heterocycles. The van der Waals surface area contributed by atoms with Gasteiger partial charge in [-0.2, -0.15) is 8.42 Å². The maximum atomic E-state index is 11.6. The van der Waals surface area contributed by atoms with Gasteiger partial charge in [0.2, 0.25) is 0 Å². The summed E-state index contributed by atoms with van der Waals surface area (Å²) < 4.78 is 38.4. The normalized spacial score (nSPS) is 11.6. The summed E-state index contributed by atoms with van der Waals surface area (Å²) >= 11 is 0. The Kier molecular flexibility index (Phi) is 11.6. The van der Waals surface area contributed by atoms with E-state index in [4.69, 9.17) is 4.74 Å². The van der Waals surface area contributed by atoms with Gasteiger partial charge in [-0.1, -0.05) is 77.6 Å². The molecule has 0 fully saturated rings. The molecule has 178 valence electrons. The summed E-state index contributed by atoms with van der Waals surface area (Å²) in [5.74, 6) is 1.26. The molecule has 0 spiro atoms. The summed E-state index contributed by atoms with van der Waals surface area (Å²) in [4.78, 5) is -0.121. The second kappa shape index (κ2) is 14.2. The van der Waals surface area contributed by atoms with E-state index in [0.717, 1.165) is 18.4 Å². The van der Waals surface area contributed by atoms with Crippen molar-refractivity contribution in [1.29, 1.82) is 0 Å². The Balaban J connectivity index is 1.79. The molecule has 2 N–H and O–H groups in total. The lowest BCUT2D eigenvalue weighted by molar-refractivity contribution is 0.459. The van der Waals surface area contributed by atoms with E-state index in [0.29, 0.717) is 17.9 Å². The highest BCUT2D eigenvalue weighted by atomic mass is 32.2. The molecule has 0 heterocycles. The average molecular weight is 463 g/mol. The zero-order valence-corrected chi connectivity index (χ0v) is 20.1. The number of hydrogen-bond acceptors (Lipinski definition) is 4. The highest BCUT2D eigenvalue weighted by Crippen LogP contribution is 2.30. The van der Waals surface area contributed by atoms with Crippen LogP contribution in [-0.4, -0.2) is 18.1 Å². The van der Waals surface area contributed by atoms with Gasteiger partial charge < -0.3 is 9.84 Å². The van der Waals surface area contributed by atoms with Crippen molar-refractivity contribution in [3.05, 3.63) is 48.0 Å². The van der Waals surface area contributed by atoms with E-state index in [9.17, 15) is 18.1 Å². The summed E-state index contributed by atoms with van der Waals surface area (Å²) in [5, 5.41) is 9.43. The van der Waals surface area contributed by atoms with Gasteiger partial charge in [-0.15, -0.1) is 0 Å². The SMILES string of the molecule is CCCCCCCCCCCCCCc1cc(S(=O)(=O)O)ccc1Oc1ccc(O)cc1. The topological polar surface area (TPSA) is 83.8 Å². The fourth-order valence-electron chi connectivity index (χ4n) is 3.81. The van der Waals surface area contributed by atoms with Crippen molar-refractivity contribution in [3.8, 4) is 17.2 Å². The number of hydrogen-bond donors (Lipinski definition) is 2. The first-order chi connectivity index (χ1) is 15.4. The predicted octanol–water partition coefficient (Wildman–Crippen LogP) is 7.67. The molecule has 0 aromatic heterocycles. The largest absolute Gasteiger partial charge is 0.508 e. The van der Waals surface area contributed by atoms with Crippen LogP contribution in [0.5, 0.6) is 17.2 Å². The maximum absolute atomic E-state index is 11.6. The molecule has 2 aromatic carbocycles. The minimum absolute atomic E-state index is 0.121. The van der Waals surface area contributed by atoms with E-state index in [1.807, 2.05) is 0 Å². The first kappa shape index (κ1) is 26.2. The Bertz CT molecular complexity index is 891. The molecule has 0 saturated carbocycles. The van der Waals surface area contributed by atoms with Crippen LogP contribution in [0, 0.1) is 0 Å². The molecular formula is C26H38O5S. The minimum atomic E-state index is -4.26. The molecule has 0 amide bonds. The van der Waals surface area contributed by atoms with Gasteiger partial charge >= 0.3 is 0 Å². The third kappa shape index (κ3) is 10.0. The lowest BCUT2D eigenvalue weighted by Crippen LogP contribution is -2.01. The van der Waals surface area contributed by atoms with Gasteiger partial charge in [-0.05, 0) is 60.9 Å². The van der Waals surface area contributed by atoms with Crippen LogP contribution in [0.2, 0.25) is 0 Å². The number of aryl methyl sites for hydroxylation is 1. The first-order valence-corrected chi connectivity index (χ1v) is 13.4. The Morgan fingerprint density at radius 1 is 0.750 bits per heavy atom. The molecule has 0 aliphatic carbocycles. The maximum Gasteiger partial charge on any atom is 0.294 e. The monoisotopic (exact) mass is 462 g/mol. The quantitative estimate of drug-likeness (QED) is 0.197. The van der Waals surface area contributed by atoms with Crippen LogP contribution in [0.25, 0.3) is 0 Å². The van der Waals surface area contributed by atoms with E-state index in [1.165, 1.54) is 88.5 Å². The van der Waals surface area contributed by atoms with Gasteiger partial charge in [0.25, 0.3) is 10.1 Å². The Morgan fingerprint density at radius 3 is 1.81 bits per heavy atom. The van der Waals surface area contributed by atoms with Crippen molar-refractivity contribution >= 4 is 10.1 Å². The molecule has 0 aliphatic heterocycles. The van der Waals surface area contributed by atoms with Crippen LogP contribution in [0.15, 0.2) is 47.4 Å². The Hall–Kier alpha value is -2.05. The van der Waals surface area contributed by atoms with Gasteiger partial charge in [-0.3, -0.25) is 4.55 Å². The van der Waals surface area contributed by atoms with Gasteiger partial charge in [-0.25, -0.2) is 0 Å². The lowest BCUT2D eigenvalue weighted by Gasteiger charge is -2.13. The number of ether oxygens (including phenoxy) is 1. The zero-order valence-electron chi connectivity index (χ0n) is 19.3. The second-order valence-electron chi connectivity index (χ2n) is 8.48. The molecule has 0 bridgehead atoms. The molecule has 2 rings (SSSR count). The molecule has 0 aliphatic rings. The van der Waals surface area contributed by atoms with Crippen LogP contribution in [-0.2, 0) is 16.5 Å². The molecular weight excluding hydrogens is 424 g/mol. The third-order valence-corrected chi connectivity index (χ3v) is 6.54. The fourth-order valence-corrected chi connectivity index (χ4v) is 4.34. The summed E-state index contributed by atoms with van der Waals surface area (Å²) in [6.07, 6.45) is 15.8. The smallest absolute Gasteiger partial charge is 0.294 e. The number of rotatable bonds is 16. The molecule has 32 heavy (non-hydrogen) atoms. The van der Waals surface area contributed by atoms with E-state index >= 15 is 0 Å². The molecule has 2 aromatic rings. The van der Waals surface area contributed by atoms with Crippen molar-refractivity contribution in [2.45, 2.75) is 95.3 Å². The van der Waals surface area contributed by atoms with Crippen molar-refractivity contribution in [1.82, 2.24) is 0 Å². The molecule has 6 heteroatoms. The van der Waals surface area contributed by atoms with E-state index in [2.05, 4.69) is 6.92 Å². The summed E-state index contributed by atoms with van der Waals surface area (Å²) in [6.45, 7) is 2.24. The van der Waals surface area contributed by atoms with Gasteiger partial charge in [0.05, 0.1) is 4.90 Å². The van der Waals surface area contributed by atoms with Crippen LogP contribution in [0.3, 0.4) is 0 Å². The summed E-state index contributed by atoms with van der Waals surface area (Å²) in [5.41, 5.74) is 0.750. The van der Waals surface area contributed by atoms with Crippen LogP contribution in [0.4, 0.5) is 0 Å². The standard InChI is InChI=1S/C26H38O5S/c1-2-3-4-5-6-7-8-9-10-11-12-13-14-22-21-25(32(28,29)30)19-20-26(22)31-24-17-15-23(27)16-18-24/h15-21,27H,2-14H2,1H3,(H,28,29,30). The number of unbranched alkanes of at least 4 members (excludes halogenated alkanes) is 11. The third-order valence-electron chi connectivity index (χ3n) is 5.69. The molecule has 0 atom stereocenters. The lowest BCUT2D eigenvalue weighted by atomic mass is 10.0. The average Bonchev–Trinajstić information content (AvgIpc) is 2.76. The van der Waals surface area contributed by atoms with Crippen molar-refractivity contribution in [3.63, 3.8) is 0 Å². The summed E-state index contributed by atoms with van der Waals surface area (Å²) in [6, 6.07) is 10.8. The number of phenols is 1. The number of aromatic hydroxyl groups is 1. The highest BCUT2D eigenvalue weighted by Gasteiger charge is 2.14. The predicted molar refractivity (Wildman–Crippen MR) is 129 cm³/mol. The summed E-state index contributed by atoms with van der Waals surface area (Å²) in [7, 11) is -4.26. The second-order valence-corrected chi connectivity index (χ2v) is 9.90. The Labute approximate surface area is 193 Å². The van der Waals surface area contributed by atoms with Crippen LogP contribution < -0.4 is 4.74 Å². The molecule has 5 nitrogen and oxygen atoms in total. The molecule has 0 unspecified atom stereocenters. The number of phenolic OH excluding ortho intramolecular Hbond substituents is 1. The minimum Gasteiger partial charge on any atom is -0.508 e. The van der Waals surface area contributed by atoms with Gasteiger partial charge in [0, 0.05) is 0 Å². The van der Waals surface area contributed by atoms with Crippen LogP contribution in [0.1, 0.15) is 89.5 Å². The number of benzene rings is 2. The molecule has 0 radical (unpaired) electrons.